The minimum Gasteiger partial charge on any atom is -0.398 e. The largest absolute Gasteiger partial charge is 0.398 e. The highest BCUT2D eigenvalue weighted by Gasteiger charge is 2.18. The van der Waals surface area contributed by atoms with Crippen LogP contribution in [-0.4, -0.2) is 11.4 Å². The molecule has 2 heteroatoms. The molecule has 0 radical (unpaired) electrons. The van der Waals surface area contributed by atoms with Crippen LogP contribution in [-0.2, 0) is 19.5 Å². The zero-order valence-electron chi connectivity index (χ0n) is 11.4. The summed E-state index contributed by atoms with van der Waals surface area (Å²) in [6, 6.07) is 14.9. The van der Waals surface area contributed by atoms with Crippen molar-refractivity contribution in [2.45, 2.75) is 26.4 Å². The summed E-state index contributed by atoms with van der Waals surface area (Å²) < 4.78 is 0. The van der Waals surface area contributed by atoms with Gasteiger partial charge in [0.25, 0.3) is 0 Å². The van der Waals surface area contributed by atoms with E-state index in [-0.39, 0.29) is 0 Å². The van der Waals surface area contributed by atoms with Gasteiger partial charge in [0.05, 0.1) is 0 Å². The second kappa shape index (κ2) is 5.06. The number of aryl methyl sites for hydroxylation is 1. The fourth-order valence-electron chi connectivity index (χ4n) is 2.86. The highest BCUT2D eigenvalue weighted by atomic mass is 15.1. The lowest BCUT2D eigenvalue weighted by atomic mass is 9.97. The van der Waals surface area contributed by atoms with Crippen LogP contribution in [0.15, 0.2) is 42.5 Å². The number of nitrogens with zero attached hydrogens (tertiary/aromatic N) is 1. The standard InChI is InChI=1S/C17H20N2/c1-13-5-2-3-6-14(13)11-19-10-9-16-15(12-19)7-4-8-17(16)18/h2-8H,9-12,18H2,1H3. The average molecular weight is 252 g/mol. The molecule has 1 aliphatic rings. The van der Waals surface area contributed by atoms with Gasteiger partial charge < -0.3 is 5.73 Å². The molecule has 2 aromatic rings. The van der Waals surface area contributed by atoms with Gasteiger partial charge in [-0.15, -0.1) is 0 Å². The van der Waals surface area contributed by atoms with Gasteiger partial charge in [-0.3, -0.25) is 4.90 Å². The second-order valence-corrected chi connectivity index (χ2v) is 5.37. The minimum atomic E-state index is 0.952. The van der Waals surface area contributed by atoms with Gasteiger partial charge >= 0.3 is 0 Å². The number of nitrogens with two attached hydrogens (primary N) is 1. The predicted octanol–water partition coefficient (Wildman–Crippen LogP) is 3.14. The number of nitrogen functional groups attached to an aromatic ring is 1. The highest BCUT2D eigenvalue weighted by molar-refractivity contribution is 5.51. The highest BCUT2D eigenvalue weighted by Crippen LogP contribution is 2.25. The summed E-state index contributed by atoms with van der Waals surface area (Å²) in [4.78, 5) is 2.50. The topological polar surface area (TPSA) is 29.3 Å². The van der Waals surface area contributed by atoms with Gasteiger partial charge in [0.1, 0.15) is 0 Å². The molecule has 0 spiro atoms. The van der Waals surface area contributed by atoms with Gasteiger partial charge in [0, 0.05) is 25.3 Å². The van der Waals surface area contributed by atoms with Crippen LogP contribution in [0.3, 0.4) is 0 Å². The van der Waals surface area contributed by atoms with E-state index < -0.39 is 0 Å². The van der Waals surface area contributed by atoms with Crippen molar-refractivity contribution in [2.24, 2.45) is 0 Å². The molecule has 0 bridgehead atoms. The van der Waals surface area contributed by atoms with E-state index in [1.807, 2.05) is 6.07 Å². The Morgan fingerprint density at radius 1 is 1.11 bits per heavy atom. The van der Waals surface area contributed by atoms with E-state index in [2.05, 4.69) is 48.2 Å². The third-order valence-corrected chi connectivity index (χ3v) is 4.04. The number of fused-ring (bicyclic) bond motifs is 1. The first kappa shape index (κ1) is 12.2. The van der Waals surface area contributed by atoms with Crippen molar-refractivity contribution in [2.75, 3.05) is 12.3 Å². The van der Waals surface area contributed by atoms with E-state index in [4.69, 9.17) is 5.73 Å². The van der Waals surface area contributed by atoms with Crippen LogP contribution in [0.5, 0.6) is 0 Å². The smallest absolute Gasteiger partial charge is 0.0350 e. The number of anilines is 1. The maximum Gasteiger partial charge on any atom is 0.0350 e. The Morgan fingerprint density at radius 2 is 1.95 bits per heavy atom. The van der Waals surface area contributed by atoms with Gasteiger partial charge in [-0.05, 0) is 41.7 Å². The Hall–Kier alpha value is -1.80. The van der Waals surface area contributed by atoms with E-state index in [0.717, 1.165) is 31.7 Å². The van der Waals surface area contributed by atoms with Crippen LogP contribution in [0.4, 0.5) is 5.69 Å². The number of rotatable bonds is 2. The summed E-state index contributed by atoms with van der Waals surface area (Å²) in [5.41, 5.74) is 12.5. The van der Waals surface area contributed by atoms with Gasteiger partial charge in [0.2, 0.25) is 0 Å². The summed E-state index contributed by atoms with van der Waals surface area (Å²) >= 11 is 0. The van der Waals surface area contributed by atoms with Crippen molar-refractivity contribution in [1.82, 2.24) is 4.90 Å². The molecule has 0 saturated carbocycles. The molecule has 2 nitrogen and oxygen atoms in total. The Bertz CT molecular complexity index is 590. The van der Waals surface area contributed by atoms with Crippen molar-refractivity contribution < 1.29 is 0 Å². The summed E-state index contributed by atoms with van der Waals surface area (Å²) in [7, 11) is 0. The van der Waals surface area contributed by atoms with Crippen molar-refractivity contribution in [1.29, 1.82) is 0 Å². The quantitative estimate of drug-likeness (QED) is 0.832. The molecule has 0 aromatic heterocycles. The van der Waals surface area contributed by atoms with Gasteiger partial charge in [-0.1, -0.05) is 36.4 Å². The van der Waals surface area contributed by atoms with Crippen LogP contribution in [0.25, 0.3) is 0 Å². The maximum absolute atomic E-state index is 6.04. The van der Waals surface area contributed by atoms with E-state index in [1.165, 1.54) is 22.3 Å². The molecule has 1 aliphatic heterocycles. The van der Waals surface area contributed by atoms with Gasteiger partial charge in [-0.25, -0.2) is 0 Å². The van der Waals surface area contributed by atoms with Crippen LogP contribution in [0.1, 0.15) is 22.3 Å². The zero-order chi connectivity index (χ0) is 13.2. The normalized spacial score (nSPS) is 15.2. The molecule has 2 aromatic carbocycles. The first-order valence-electron chi connectivity index (χ1n) is 6.87. The Balaban J connectivity index is 1.78. The molecular weight excluding hydrogens is 232 g/mol. The minimum absolute atomic E-state index is 0.952. The summed E-state index contributed by atoms with van der Waals surface area (Å²) in [5, 5.41) is 0. The number of hydrogen-bond acceptors (Lipinski definition) is 2. The third-order valence-electron chi connectivity index (χ3n) is 4.04. The lowest BCUT2D eigenvalue weighted by Crippen LogP contribution is -2.30. The Labute approximate surface area is 114 Å². The van der Waals surface area contributed by atoms with Crippen LogP contribution < -0.4 is 5.73 Å². The van der Waals surface area contributed by atoms with E-state index in [0.29, 0.717) is 0 Å². The first-order chi connectivity index (χ1) is 9.24. The Morgan fingerprint density at radius 3 is 2.79 bits per heavy atom. The second-order valence-electron chi connectivity index (χ2n) is 5.37. The van der Waals surface area contributed by atoms with E-state index >= 15 is 0 Å². The Kier molecular flexibility index (Phi) is 3.26. The molecule has 0 unspecified atom stereocenters. The van der Waals surface area contributed by atoms with Crippen LogP contribution in [0.2, 0.25) is 0 Å². The van der Waals surface area contributed by atoms with Crippen LogP contribution >= 0.6 is 0 Å². The molecule has 98 valence electrons. The summed E-state index contributed by atoms with van der Waals surface area (Å²) in [6.45, 7) is 5.32. The monoisotopic (exact) mass is 252 g/mol. The average Bonchev–Trinajstić information content (AvgIpc) is 2.42. The molecule has 0 aliphatic carbocycles. The number of benzene rings is 2. The predicted molar refractivity (Wildman–Crippen MR) is 79.9 cm³/mol. The molecule has 2 N–H and O–H groups in total. The SMILES string of the molecule is Cc1ccccc1CN1CCc2c(N)cccc2C1. The van der Waals surface area contributed by atoms with Gasteiger partial charge in [-0.2, -0.15) is 0 Å². The molecular formula is C17H20N2. The fourth-order valence-corrected chi connectivity index (χ4v) is 2.86. The number of hydrogen-bond donors (Lipinski definition) is 1. The molecule has 0 fully saturated rings. The molecule has 19 heavy (non-hydrogen) atoms. The lowest BCUT2D eigenvalue weighted by molar-refractivity contribution is 0.245. The van der Waals surface area contributed by atoms with Gasteiger partial charge in [0.15, 0.2) is 0 Å². The first-order valence-corrected chi connectivity index (χ1v) is 6.87. The van der Waals surface area contributed by atoms with Crippen LogP contribution in [0, 0.1) is 6.92 Å². The maximum atomic E-state index is 6.04. The molecule has 0 atom stereocenters. The van der Waals surface area contributed by atoms with Crippen molar-refractivity contribution in [3.63, 3.8) is 0 Å². The lowest BCUT2D eigenvalue weighted by Gasteiger charge is -2.30. The third kappa shape index (κ3) is 2.49. The fraction of sp³-hybridized carbons (Fsp3) is 0.294. The summed E-state index contributed by atoms with van der Waals surface area (Å²) in [5.74, 6) is 0. The van der Waals surface area contributed by atoms with Crippen molar-refractivity contribution in [3.8, 4) is 0 Å². The molecule has 0 saturated heterocycles. The van der Waals surface area contributed by atoms with E-state index in [1.54, 1.807) is 0 Å². The van der Waals surface area contributed by atoms with Crippen molar-refractivity contribution >= 4 is 5.69 Å². The zero-order valence-corrected chi connectivity index (χ0v) is 11.4. The molecule has 3 rings (SSSR count). The van der Waals surface area contributed by atoms with E-state index in [9.17, 15) is 0 Å². The summed E-state index contributed by atoms with van der Waals surface area (Å²) in [6.07, 6.45) is 1.06. The molecule has 1 heterocycles. The van der Waals surface area contributed by atoms with Crippen molar-refractivity contribution in [3.05, 3.63) is 64.7 Å². The molecule has 0 amide bonds.